The molecule has 1 unspecified atom stereocenters. The van der Waals surface area contributed by atoms with Crippen LogP contribution < -0.4 is 0 Å². The van der Waals surface area contributed by atoms with Crippen LogP contribution in [0.5, 0.6) is 0 Å². The third-order valence-electron chi connectivity index (χ3n) is 3.70. The minimum Gasteiger partial charge on any atom is -0.378 e. The van der Waals surface area contributed by atoms with Crippen LogP contribution in [0.4, 0.5) is 0 Å². The van der Waals surface area contributed by atoms with Crippen LogP contribution in [0.2, 0.25) is 0 Å². The molecule has 3 nitrogen and oxygen atoms in total. The molecule has 1 aromatic heterocycles. The Hall–Kier alpha value is -1.22. The molecule has 1 aliphatic carbocycles. The van der Waals surface area contributed by atoms with Gasteiger partial charge in [0.15, 0.2) is 0 Å². The number of carbonyl (C=O) groups excluding carboxylic acids is 1. The van der Waals surface area contributed by atoms with Gasteiger partial charge >= 0.3 is 0 Å². The van der Waals surface area contributed by atoms with Crippen LogP contribution in [0.1, 0.15) is 44.7 Å². The van der Waals surface area contributed by atoms with E-state index >= 15 is 0 Å². The Morgan fingerprint density at radius 3 is 2.89 bits per heavy atom. The number of hydrogen-bond acceptors (Lipinski definition) is 3. The quantitative estimate of drug-likeness (QED) is 0.775. The molecular weight excluding hydrogens is 226 g/mol. The summed E-state index contributed by atoms with van der Waals surface area (Å²) in [5, 5.41) is 0. The molecule has 0 aromatic carbocycles. The van der Waals surface area contributed by atoms with Gasteiger partial charge in [-0.3, -0.25) is 9.78 Å². The minimum absolute atomic E-state index is 0.0858. The molecule has 1 aromatic rings. The number of Topliss-reactive ketones (excluding diaryl/α,β-unsaturated/α-hetero) is 1. The van der Waals surface area contributed by atoms with Gasteiger partial charge in [-0.25, -0.2) is 0 Å². The SMILES string of the molecule is CCOC1CC(CC(=O)C(C)c2ccccn2)C1. The molecule has 1 saturated carbocycles. The van der Waals surface area contributed by atoms with Crippen LogP contribution in [-0.2, 0) is 9.53 Å². The van der Waals surface area contributed by atoms with Gasteiger partial charge < -0.3 is 4.74 Å². The van der Waals surface area contributed by atoms with Crippen LogP contribution in [-0.4, -0.2) is 23.5 Å². The van der Waals surface area contributed by atoms with E-state index in [0.29, 0.717) is 24.2 Å². The van der Waals surface area contributed by atoms with Gasteiger partial charge in [-0.05, 0) is 44.7 Å². The normalized spacial score (nSPS) is 24.3. The maximum absolute atomic E-state index is 12.1. The van der Waals surface area contributed by atoms with Crippen LogP contribution in [0.15, 0.2) is 24.4 Å². The largest absolute Gasteiger partial charge is 0.378 e. The second-order valence-electron chi connectivity index (χ2n) is 5.06. The molecule has 2 rings (SSSR count). The molecule has 0 amide bonds. The molecule has 1 atom stereocenters. The molecule has 0 radical (unpaired) electrons. The zero-order chi connectivity index (χ0) is 13.0. The first kappa shape index (κ1) is 13.2. The van der Waals surface area contributed by atoms with Gasteiger partial charge in [0.1, 0.15) is 5.78 Å². The third kappa shape index (κ3) is 3.16. The highest BCUT2D eigenvalue weighted by atomic mass is 16.5. The van der Waals surface area contributed by atoms with Gasteiger partial charge in [-0.1, -0.05) is 6.07 Å². The molecular formula is C15H21NO2. The predicted molar refractivity (Wildman–Crippen MR) is 70.4 cm³/mol. The molecule has 18 heavy (non-hydrogen) atoms. The summed E-state index contributed by atoms with van der Waals surface area (Å²) in [7, 11) is 0. The van der Waals surface area contributed by atoms with Gasteiger partial charge in [-0.15, -0.1) is 0 Å². The molecule has 0 saturated heterocycles. The number of rotatable bonds is 6. The lowest BCUT2D eigenvalue weighted by Crippen LogP contribution is -2.33. The van der Waals surface area contributed by atoms with E-state index < -0.39 is 0 Å². The third-order valence-corrected chi connectivity index (χ3v) is 3.70. The molecule has 0 N–H and O–H groups in total. The fourth-order valence-corrected chi connectivity index (χ4v) is 2.47. The van der Waals surface area contributed by atoms with Gasteiger partial charge in [0, 0.05) is 19.2 Å². The Kier molecular flexibility index (Phi) is 4.48. The van der Waals surface area contributed by atoms with E-state index in [1.807, 2.05) is 32.0 Å². The van der Waals surface area contributed by atoms with E-state index in [4.69, 9.17) is 4.74 Å². The molecule has 98 valence electrons. The fourth-order valence-electron chi connectivity index (χ4n) is 2.47. The Morgan fingerprint density at radius 1 is 1.50 bits per heavy atom. The van der Waals surface area contributed by atoms with Crippen LogP contribution in [0, 0.1) is 5.92 Å². The zero-order valence-electron chi connectivity index (χ0n) is 11.1. The Bertz CT molecular complexity index is 385. The molecule has 0 bridgehead atoms. The van der Waals surface area contributed by atoms with E-state index in [0.717, 1.165) is 25.1 Å². The lowest BCUT2D eigenvalue weighted by atomic mass is 9.77. The summed E-state index contributed by atoms with van der Waals surface area (Å²) in [5.41, 5.74) is 0.878. The molecule has 0 aliphatic heterocycles. The van der Waals surface area contributed by atoms with Crippen molar-refractivity contribution in [3.63, 3.8) is 0 Å². The summed E-state index contributed by atoms with van der Waals surface area (Å²) in [6.07, 6.45) is 4.87. The first-order valence-corrected chi connectivity index (χ1v) is 6.76. The lowest BCUT2D eigenvalue weighted by molar-refractivity contribution is -0.123. The Labute approximate surface area is 109 Å². The number of pyridine rings is 1. The highest BCUT2D eigenvalue weighted by Crippen LogP contribution is 2.34. The first-order valence-electron chi connectivity index (χ1n) is 6.76. The zero-order valence-corrected chi connectivity index (χ0v) is 11.1. The number of ether oxygens (including phenoxy) is 1. The van der Waals surface area contributed by atoms with Crippen molar-refractivity contribution in [3.05, 3.63) is 30.1 Å². The molecule has 1 aliphatic rings. The predicted octanol–water partition coefficient (Wildman–Crippen LogP) is 2.96. The minimum atomic E-state index is -0.0858. The van der Waals surface area contributed by atoms with E-state index in [2.05, 4.69) is 4.98 Å². The Balaban J connectivity index is 1.79. The van der Waals surface area contributed by atoms with Crippen LogP contribution >= 0.6 is 0 Å². The highest BCUT2D eigenvalue weighted by Gasteiger charge is 2.32. The highest BCUT2D eigenvalue weighted by molar-refractivity contribution is 5.85. The second-order valence-corrected chi connectivity index (χ2v) is 5.06. The van der Waals surface area contributed by atoms with Crippen molar-refractivity contribution in [2.75, 3.05) is 6.61 Å². The summed E-state index contributed by atoms with van der Waals surface area (Å²) in [6.45, 7) is 4.74. The smallest absolute Gasteiger partial charge is 0.141 e. The second kappa shape index (κ2) is 6.10. The lowest BCUT2D eigenvalue weighted by Gasteiger charge is -2.34. The van der Waals surface area contributed by atoms with Crippen LogP contribution in [0.25, 0.3) is 0 Å². The fraction of sp³-hybridized carbons (Fsp3) is 0.600. The average Bonchev–Trinajstić information content (AvgIpc) is 2.36. The van der Waals surface area contributed by atoms with Crippen molar-refractivity contribution < 1.29 is 9.53 Å². The summed E-state index contributed by atoms with van der Waals surface area (Å²) < 4.78 is 5.51. The van der Waals surface area contributed by atoms with Gasteiger partial charge in [0.25, 0.3) is 0 Å². The number of carbonyl (C=O) groups is 1. The van der Waals surface area contributed by atoms with Crippen LogP contribution in [0.3, 0.4) is 0 Å². The van der Waals surface area contributed by atoms with Crippen molar-refractivity contribution in [1.82, 2.24) is 4.98 Å². The standard InChI is InChI=1S/C15H21NO2/c1-3-18-13-8-12(9-13)10-15(17)11(2)14-6-4-5-7-16-14/h4-7,11-13H,3,8-10H2,1-2H3. The van der Waals surface area contributed by atoms with E-state index in [-0.39, 0.29) is 5.92 Å². The first-order chi connectivity index (χ1) is 8.70. The molecule has 1 heterocycles. The van der Waals surface area contributed by atoms with E-state index in [1.165, 1.54) is 0 Å². The summed E-state index contributed by atoms with van der Waals surface area (Å²) in [6, 6.07) is 5.73. The van der Waals surface area contributed by atoms with Gasteiger partial charge in [-0.2, -0.15) is 0 Å². The number of aromatic nitrogens is 1. The molecule has 0 spiro atoms. The van der Waals surface area contributed by atoms with Crippen molar-refractivity contribution in [2.45, 2.75) is 45.1 Å². The summed E-state index contributed by atoms with van der Waals surface area (Å²) in [4.78, 5) is 16.4. The van der Waals surface area contributed by atoms with Crippen molar-refractivity contribution in [3.8, 4) is 0 Å². The maximum atomic E-state index is 12.1. The van der Waals surface area contributed by atoms with E-state index in [1.54, 1.807) is 6.20 Å². The van der Waals surface area contributed by atoms with E-state index in [9.17, 15) is 4.79 Å². The molecule has 3 heteroatoms. The van der Waals surface area contributed by atoms with Gasteiger partial charge in [0.2, 0.25) is 0 Å². The number of hydrogen-bond donors (Lipinski definition) is 0. The van der Waals surface area contributed by atoms with Crippen molar-refractivity contribution >= 4 is 5.78 Å². The number of ketones is 1. The summed E-state index contributed by atoms with van der Waals surface area (Å²) >= 11 is 0. The monoisotopic (exact) mass is 247 g/mol. The molecule has 1 fully saturated rings. The van der Waals surface area contributed by atoms with Crippen molar-refractivity contribution in [2.24, 2.45) is 5.92 Å². The summed E-state index contributed by atoms with van der Waals surface area (Å²) in [5.74, 6) is 0.728. The number of nitrogens with zero attached hydrogens (tertiary/aromatic N) is 1. The maximum Gasteiger partial charge on any atom is 0.141 e. The van der Waals surface area contributed by atoms with Crippen molar-refractivity contribution in [1.29, 1.82) is 0 Å². The van der Waals surface area contributed by atoms with Gasteiger partial charge in [0.05, 0.1) is 17.7 Å². The topological polar surface area (TPSA) is 39.2 Å². The Morgan fingerprint density at radius 2 is 2.28 bits per heavy atom. The average molecular weight is 247 g/mol.